The van der Waals surface area contributed by atoms with Crippen LogP contribution in [0.15, 0.2) is 0 Å². The molecule has 0 aliphatic carbocycles. The second kappa shape index (κ2) is 6.53. The summed E-state index contributed by atoms with van der Waals surface area (Å²) < 4.78 is 5.40. The van der Waals surface area contributed by atoms with Crippen molar-refractivity contribution in [1.82, 2.24) is 4.90 Å². The van der Waals surface area contributed by atoms with Gasteiger partial charge in [0.2, 0.25) is 0 Å². The molecule has 1 heterocycles. The monoisotopic (exact) mass is 389 g/mol. The van der Waals surface area contributed by atoms with Gasteiger partial charge in [0.1, 0.15) is 0 Å². The van der Waals surface area contributed by atoms with Gasteiger partial charge in [-0.05, 0) is 0 Å². The third kappa shape index (κ3) is 5.30. The van der Waals surface area contributed by atoms with Crippen LogP contribution in [0.5, 0.6) is 0 Å². The van der Waals surface area contributed by atoms with E-state index in [1.54, 1.807) is 0 Å². The van der Waals surface area contributed by atoms with E-state index in [9.17, 15) is 4.79 Å². The zero-order chi connectivity index (χ0) is 12.2. The number of amides is 1. The molecular formula is C11H20INO2Zn. The minimum atomic E-state index is -0.370. The number of carbonyl (C=O) groups is 1. The van der Waals surface area contributed by atoms with Gasteiger partial charge in [0, 0.05) is 0 Å². The molecule has 1 rings (SSSR count). The molecule has 0 spiro atoms. The molecule has 1 saturated heterocycles. The van der Waals surface area contributed by atoms with Crippen molar-refractivity contribution in [2.24, 2.45) is 5.92 Å². The summed E-state index contributed by atoms with van der Waals surface area (Å²) in [7, 11) is 0. The third-order valence-corrected chi connectivity index (χ3v) is 8.10. The van der Waals surface area contributed by atoms with Crippen LogP contribution in [-0.2, 0) is 18.3 Å². The number of hydrogen-bond acceptors (Lipinski definition) is 2. The Balaban J connectivity index is 2.44. The fourth-order valence-corrected chi connectivity index (χ4v) is 8.16. The summed E-state index contributed by atoms with van der Waals surface area (Å²) in [5, 5.41) is 1.40. The molecule has 0 saturated carbocycles. The van der Waals surface area contributed by atoms with Gasteiger partial charge >= 0.3 is 117 Å². The Hall–Kier alpha value is 0.623. The number of piperidine rings is 1. The molecule has 0 aromatic heterocycles. The van der Waals surface area contributed by atoms with Gasteiger partial charge in [0.25, 0.3) is 0 Å². The summed E-state index contributed by atoms with van der Waals surface area (Å²) in [4.78, 5) is 13.8. The molecule has 0 bridgehead atoms. The molecule has 1 aliphatic heterocycles. The van der Waals surface area contributed by atoms with Gasteiger partial charge in [-0.3, -0.25) is 0 Å². The summed E-state index contributed by atoms with van der Waals surface area (Å²) >= 11 is 2.29. The van der Waals surface area contributed by atoms with Crippen molar-refractivity contribution in [3.05, 3.63) is 0 Å². The van der Waals surface area contributed by atoms with E-state index in [-0.39, 0.29) is 25.3 Å². The zero-order valence-electron chi connectivity index (χ0n) is 10.5. The maximum absolute atomic E-state index is 11.9. The minimum absolute atomic E-state index is 0.127. The topological polar surface area (TPSA) is 29.5 Å². The van der Waals surface area contributed by atoms with Crippen LogP contribution < -0.4 is 0 Å². The predicted octanol–water partition coefficient (Wildman–Crippen LogP) is 3.48. The van der Waals surface area contributed by atoms with E-state index < -0.39 is 0 Å². The van der Waals surface area contributed by atoms with Crippen LogP contribution in [-0.4, -0.2) is 29.7 Å². The number of ether oxygens (including phenoxy) is 1. The van der Waals surface area contributed by atoms with Crippen LogP contribution in [0.2, 0.25) is 5.02 Å². The maximum atomic E-state index is 11.9. The third-order valence-electron chi connectivity index (χ3n) is 2.69. The second-order valence-corrected chi connectivity index (χ2v) is 13.0. The van der Waals surface area contributed by atoms with E-state index in [4.69, 9.17) is 4.74 Å². The number of likely N-dealkylation sites (tertiary alicyclic amines) is 1. The number of carbonyl (C=O) groups excluding carboxylic acids is 1. The van der Waals surface area contributed by atoms with Gasteiger partial charge in [0.05, 0.1) is 0 Å². The van der Waals surface area contributed by atoms with E-state index >= 15 is 0 Å². The Kier molecular flexibility index (Phi) is 5.99. The number of hydrogen-bond donors (Lipinski definition) is 0. The van der Waals surface area contributed by atoms with Gasteiger partial charge < -0.3 is 0 Å². The Bertz CT molecular complexity index is 241. The fourth-order valence-electron chi connectivity index (χ4n) is 1.95. The van der Waals surface area contributed by atoms with Gasteiger partial charge in [-0.15, -0.1) is 0 Å². The first-order valence-electron chi connectivity index (χ1n) is 5.96. The van der Waals surface area contributed by atoms with E-state index in [0.29, 0.717) is 0 Å². The van der Waals surface area contributed by atoms with Crippen LogP contribution >= 0.6 is 19.8 Å². The van der Waals surface area contributed by atoms with Crippen LogP contribution in [0.1, 0.15) is 33.6 Å². The summed E-state index contributed by atoms with van der Waals surface area (Å²) in [5.74, 6) is 0.748. The normalized spacial score (nSPS) is 21.5. The Morgan fingerprint density at radius 2 is 2.25 bits per heavy atom. The molecule has 1 fully saturated rings. The predicted molar refractivity (Wildman–Crippen MR) is 69.4 cm³/mol. The first-order valence-corrected chi connectivity index (χ1v) is 17.1. The Morgan fingerprint density at radius 3 is 2.81 bits per heavy atom. The zero-order valence-corrected chi connectivity index (χ0v) is 15.6. The van der Waals surface area contributed by atoms with Crippen molar-refractivity contribution in [2.75, 3.05) is 13.1 Å². The summed E-state index contributed by atoms with van der Waals surface area (Å²) in [6.45, 7) is 7.56. The molecule has 3 nitrogen and oxygen atoms in total. The van der Waals surface area contributed by atoms with E-state index in [0.717, 1.165) is 25.4 Å². The van der Waals surface area contributed by atoms with Crippen molar-refractivity contribution in [3.8, 4) is 0 Å². The van der Waals surface area contributed by atoms with Crippen molar-refractivity contribution < 1.29 is 23.1 Å². The van der Waals surface area contributed by atoms with Crippen LogP contribution in [0, 0.1) is 5.92 Å². The van der Waals surface area contributed by atoms with Gasteiger partial charge in [-0.25, -0.2) is 0 Å². The number of nitrogens with zero attached hydrogens (tertiary/aromatic N) is 1. The van der Waals surface area contributed by atoms with Crippen LogP contribution in [0.4, 0.5) is 4.79 Å². The molecule has 0 aromatic carbocycles. The quantitative estimate of drug-likeness (QED) is 0.534. The van der Waals surface area contributed by atoms with Crippen molar-refractivity contribution in [2.45, 2.75) is 44.2 Å². The molecule has 1 aliphatic rings. The van der Waals surface area contributed by atoms with Gasteiger partial charge in [0.15, 0.2) is 0 Å². The fraction of sp³-hybridized carbons (Fsp3) is 0.909. The number of rotatable bonds is 2. The van der Waals surface area contributed by atoms with Crippen molar-refractivity contribution in [1.29, 1.82) is 0 Å². The first-order chi connectivity index (χ1) is 7.42. The molecule has 90 valence electrons. The molecular weight excluding hydrogens is 370 g/mol. The van der Waals surface area contributed by atoms with Gasteiger partial charge in [-0.2, -0.15) is 0 Å². The average molecular weight is 391 g/mol. The van der Waals surface area contributed by atoms with E-state index in [2.05, 4.69) is 19.8 Å². The average Bonchev–Trinajstić information content (AvgIpc) is 2.16. The molecule has 1 atom stereocenters. The molecule has 1 amide bonds. The van der Waals surface area contributed by atoms with Crippen LogP contribution in [0.25, 0.3) is 0 Å². The van der Waals surface area contributed by atoms with Gasteiger partial charge in [-0.1, -0.05) is 0 Å². The summed E-state index contributed by atoms with van der Waals surface area (Å²) in [6.07, 6.45) is 2.31. The molecule has 16 heavy (non-hydrogen) atoms. The Labute approximate surface area is 116 Å². The van der Waals surface area contributed by atoms with Crippen molar-refractivity contribution in [3.63, 3.8) is 0 Å². The SMILES string of the molecule is CC(C)(C)OC(=O)N1CCC[C@H]([CH2][Zn][I])C1. The molecule has 5 heteroatoms. The molecule has 0 aromatic rings. The second-order valence-electron chi connectivity index (χ2n) is 5.41. The summed E-state index contributed by atoms with van der Waals surface area (Å²) in [5.41, 5.74) is -0.370. The molecule has 0 N–H and O–H groups in total. The van der Waals surface area contributed by atoms with Crippen molar-refractivity contribution >= 4 is 25.8 Å². The molecule has 0 radical (unpaired) electrons. The first kappa shape index (κ1) is 14.7. The summed E-state index contributed by atoms with van der Waals surface area (Å²) in [6, 6.07) is 0. The molecule has 0 unspecified atom stereocenters. The number of halogens is 1. The van der Waals surface area contributed by atoms with E-state index in [1.807, 2.05) is 25.7 Å². The van der Waals surface area contributed by atoms with E-state index in [1.165, 1.54) is 11.4 Å². The Morgan fingerprint density at radius 1 is 1.56 bits per heavy atom. The van der Waals surface area contributed by atoms with Crippen LogP contribution in [0.3, 0.4) is 0 Å². The standard InChI is InChI=1S/C11H20NO2.HI.Zn/c1-9-6-5-7-12(8-9)10(13)14-11(2,3)4;;/h9H,1,5-8H2,2-4H3;1H;/q;;+1/p-1/t9-;;/m0../s1.